The van der Waals surface area contributed by atoms with Crippen molar-refractivity contribution >= 4 is 5.96 Å². The minimum absolute atomic E-state index is 0.0000174. The fourth-order valence-electron chi connectivity index (χ4n) is 3.66. The molecule has 0 aliphatic carbocycles. The first-order valence-corrected chi connectivity index (χ1v) is 10.1. The van der Waals surface area contributed by atoms with Crippen LogP contribution in [0.2, 0.25) is 0 Å². The molecule has 0 radical (unpaired) electrons. The molecule has 6 heteroatoms. The fourth-order valence-corrected chi connectivity index (χ4v) is 3.66. The molecular weight excluding hydrogens is 369 g/mol. The lowest BCUT2D eigenvalue weighted by atomic mass is 10.00. The maximum Gasteiger partial charge on any atom is 0.194 e. The largest absolute Gasteiger partial charge is 0.392 e. The molecule has 1 fully saturated rings. The van der Waals surface area contributed by atoms with E-state index in [9.17, 15) is 9.50 Å². The number of guanidine groups is 1. The molecule has 2 N–H and O–H groups in total. The second kappa shape index (κ2) is 9.85. The Morgan fingerprint density at radius 3 is 2.83 bits per heavy atom. The zero-order valence-electron chi connectivity index (χ0n) is 17.4. The van der Waals surface area contributed by atoms with E-state index >= 15 is 0 Å². The summed E-state index contributed by atoms with van der Waals surface area (Å²) in [4.78, 5) is 6.96. The average molecular weight is 400 g/mol. The summed E-state index contributed by atoms with van der Waals surface area (Å²) in [6.07, 6.45) is 0.0000174. The molecule has 3 rings (SSSR count). The van der Waals surface area contributed by atoms with Gasteiger partial charge >= 0.3 is 0 Å². The fraction of sp³-hybridized carbons (Fsp3) is 0.435. The highest BCUT2D eigenvalue weighted by molar-refractivity contribution is 5.80. The predicted molar refractivity (Wildman–Crippen MR) is 113 cm³/mol. The molecule has 1 unspecified atom stereocenters. The van der Waals surface area contributed by atoms with Gasteiger partial charge in [-0.25, -0.2) is 9.38 Å². The number of rotatable bonds is 5. The molecule has 0 amide bonds. The van der Waals surface area contributed by atoms with E-state index in [-0.39, 0.29) is 12.7 Å². The second-order valence-electron chi connectivity index (χ2n) is 7.42. The number of nitrogens with one attached hydrogen (secondary N) is 1. The van der Waals surface area contributed by atoms with Crippen LogP contribution in [0.3, 0.4) is 0 Å². The number of aliphatic imine (C=N–C) groups is 1. The standard InChI is InChI=1S/C23H30FN3O2/c1-4-25-23(26-13-18-6-8-21(24)19(12-18)15-28)27-9-10-29-22(14-27)20-7-5-16(2)11-17(20)3/h5-8,11-12,22,28H,4,9-10,13-15H2,1-3H3,(H,25,26). The van der Waals surface area contributed by atoms with Crippen molar-refractivity contribution in [1.82, 2.24) is 10.2 Å². The number of ether oxygens (including phenoxy) is 1. The van der Waals surface area contributed by atoms with Crippen LogP contribution in [0.1, 0.15) is 40.8 Å². The lowest BCUT2D eigenvalue weighted by Crippen LogP contribution is -2.48. The highest BCUT2D eigenvalue weighted by atomic mass is 19.1. The van der Waals surface area contributed by atoms with Gasteiger partial charge in [-0.15, -0.1) is 0 Å². The van der Waals surface area contributed by atoms with Crippen LogP contribution in [-0.4, -0.2) is 42.2 Å². The number of hydrogen-bond acceptors (Lipinski definition) is 3. The minimum atomic E-state index is -0.392. The van der Waals surface area contributed by atoms with Crippen molar-refractivity contribution in [3.63, 3.8) is 0 Å². The van der Waals surface area contributed by atoms with Gasteiger partial charge in [-0.2, -0.15) is 0 Å². The van der Waals surface area contributed by atoms with Crippen LogP contribution >= 0.6 is 0 Å². The molecule has 1 atom stereocenters. The van der Waals surface area contributed by atoms with Gasteiger partial charge in [0.05, 0.1) is 26.3 Å². The first-order chi connectivity index (χ1) is 14.0. The Morgan fingerprint density at radius 1 is 1.28 bits per heavy atom. The Bertz CT molecular complexity index is 869. The van der Waals surface area contributed by atoms with Crippen LogP contribution in [0.15, 0.2) is 41.4 Å². The molecule has 29 heavy (non-hydrogen) atoms. The summed E-state index contributed by atoms with van der Waals surface area (Å²) in [7, 11) is 0. The first-order valence-electron chi connectivity index (χ1n) is 10.1. The quantitative estimate of drug-likeness (QED) is 0.597. The van der Waals surface area contributed by atoms with Crippen molar-refractivity contribution in [2.24, 2.45) is 4.99 Å². The van der Waals surface area contributed by atoms with Gasteiger partial charge in [0.1, 0.15) is 11.9 Å². The zero-order chi connectivity index (χ0) is 20.8. The summed E-state index contributed by atoms with van der Waals surface area (Å²) in [6.45, 7) is 9.24. The van der Waals surface area contributed by atoms with E-state index in [0.29, 0.717) is 18.7 Å². The molecule has 0 spiro atoms. The summed E-state index contributed by atoms with van der Waals surface area (Å²) >= 11 is 0. The third kappa shape index (κ3) is 5.34. The van der Waals surface area contributed by atoms with Crippen LogP contribution in [-0.2, 0) is 17.9 Å². The Hall–Kier alpha value is -2.44. The molecule has 1 aliphatic rings. The summed E-state index contributed by atoms with van der Waals surface area (Å²) in [6, 6.07) is 11.2. The maximum absolute atomic E-state index is 13.6. The van der Waals surface area contributed by atoms with E-state index in [1.54, 1.807) is 12.1 Å². The number of nitrogens with zero attached hydrogens (tertiary/aromatic N) is 2. The highest BCUT2D eigenvalue weighted by Crippen LogP contribution is 2.26. The number of halogens is 1. The van der Waals surface area contributed by atoms with Gasteiger partial charge in [-0.3, -0.25) is 0 Å². The molecule has 0 saturated carbocycles. The third-order valence-electron chi connectivity index (χ3n) is 5.16. The molecule has 1 aliphatic heterocycles. The number of morpholine rings is 1. The van der Waals surface area contributed by atoms with E-state index in [1.165, 1.54) is 22.8 Å². The van der Waals surface area contributed by atoms with Crippen molar-refractivity contribution in [3.05, 3.63) is 70.0 Å². The van der Waals surface area contributed by atoms with Crippen molar-refractivity contribution in [3.8, 4) is 0 Å². The molecule has 2 aromatic rings. The zero-order valence-corrected chi connectivity index (χ0v) is 17.4. The Labute approximate surface area is 172 Å². The highest BCUT2D eigenvalue weighted by Gasteiger charge is 2.25. The molecule has 1 heterocycles. The molecule has 5 nitrogen and oxygen atoms in total. The summed E-state index contributed by atoms with van der Waals surface area (Å²) in [5.41, 5.74) is 4.85. The molecule has 2 aromatic carbocycles. The van der Waals surface area contributed by atoms with Gasteiger partial charge in [0, 0.05) is 18.7 Å². The Kier molecular flexibility index (Phi) is 7.23. The second-order valence-corrected chi connectivity index (χ2v) is 7.42. The smallest absolute Gasteiger partial charge is 0.194 e. The van der Waals surface area contributed by atoms with Gasteiger partial charge in [0.2, 0.25) is 0 Å². The summed E-state index contributed by atoms with van der Waals surface area (Å²) < 4.78 is 19.7. The van der Waals surface area contributed by atoms with Gasteiger partial charge in [-0.05, 0) is 49.6 Å². The van der Waals surface area contributed by atoms with Gasteiger partial charge in [-0.1, -0.05) is 29.8 Å². The normalized spacial score (nSPS) is 17.5. The van der Waals surface area contributed by atoms with Gasteiger partial charge < -0.3 is 20.1 Å². The van der Waals surface area contributed by atoms with Crippen LogP contribution < -0.4 is 5.32 Å². The van der Waals surface area contributed by atoms with Gasteiger partial charge in [0.15, 0.2) is 5.96 Å². The topological polar surface area (TPSA) is 57.1 Å². The van der Waals surface area contributed by atoms with Crippen LogP contribution in [0.5, 0.6) is 0 Å². The molecule has 0 aromatic heterocycles. The van der Waals surface area contributed by atoms with E-state index in [1.807, 2.05) is 6.92 Å². The maximum atomic E-state index is 13.6. The third-order valence-corrected chi connectivity index (χ3v) is 5.16. The van der Waals surface area contributed by atoms with E-state index < -0.39 is 5.82 Å². The number of aliphatic hydroxyl groups excluding tert-OH is 1. The average Bonchev–Trinajstić information content (AvgIpc) is 2.72. The van der Waals surface area contributed by atoms with Crippen LogP contribution in [0.25, 0.3) is 0 Å². The first kappa shape index (κ1) is 21.3. The monoisotopic (exact) mass is 399 g/mol. The Balaban J connectivity index is 1.76. The summed E-state index contributed by atoms with van der Waals surface area (Å²) in [5, 5.41) is 12.6. The number of hydrogen-bond donors (Lipinski definition) is 2. The minimum Gasteiger partial charge on any atom is -0.392 e. The lowest BCUT2D eigenvalue weighted by molar-refractivity contribution is -0.00834. The molecular formula is C23H30FN3O2. The summed E-state index contributed by atoms with van der Waals surface area (Å²) in [5.74, 6) is 0.428. The van der Waals surface area contributed by atoms with Crippen LogP contribution in [0.4, 0.5) is 4.39 Å². The van der Waals surface area contributed by atoms with E-state index in [0.717, 1.165) is 31.2 Å². The van der Waals surface area contributed by atoms with Gasteiger partial charge in [0.25, 0.3) is 0 Å². The van der Waals surface area contributed by atoms with Crippen molar-refractivity contribution < 1.29 is 14.2 Å². The van der Waals surface area contributed by atoms with Crippen molar-refractivity contribution in [1.29, 1.82) is 0 Å². The predicted octanol–water partition coefficient (Wildman–Crippen LogP) is 3.47. The van der Waals surface area contributed by atoms with Crippen molar-refractivity contribution in [2.45, 2.75) is 40.0 Å². The molecule has 0 bridgehead atoms. The number of aliphatic hydroxyl groups is 1. The number of aryl methyl sites for hydroxylation is 2. The van der Waals surface area contributed by atoms with Crippen LogP contribution in [0, 0.1) is 19.7 Å². The lowest BCUT2D eigenvalue weighted by Gasteiger charge is -2.36. The SMILES string of the molecule is CCNC(=NCc1ccc(F)c(CO)c1)N1CCOC(c2ccc(C)cc2C)C1. The molecule has 156 valence electrons. The van der Waals surface area contributed by atoms with E-state index in [4.69, 9.17) is 9.73 Å². The Morgan fingerprint density at radius 2 is 2.10 bits per heavy atom. The van der Waals surface area contributed by atoms with E-state index in [2.05, 4.69) is 42.3 Å². The van der Waals surface area contributed by atoms with Crippen molar-refractivity contribution in [2.75, 3.05) is 26.2 Å². The number of benzene rings is 2. The molecule has 1 saturated heterocycles.